The Hall–Kier alpha value is -1.44. The van der Waals surface area contributed by atoms with Crippen molar-refractivity contribution in [1.82, 2.24) is 4.72 Å². The minimum absolute atomic E-state index is 0.0205. The predicted octanol–water partition coefficient (Wildman–Crippen LogP) is 0.608. The second-order valence-electron chi connectivity index (χ2n) is 3.96. The van der Waals surface area contributed by atoms with Crippen LogP contribution in [-0.4, -0.2) is 37.8 Å². The third-order valence-electron chi connectivity index (χ3n) is 2.61. The monoisotopic (exact) mass is 287 g/mol. The fraction of sp³-hybridized carbons (Fsp3) is 0.417. The van der Waals surface area contributed by atoms with Gasteiger partial charge in [-0.25, -0.2) is 17.9 Å². The lowest BCUT2D eigenvalue weighted by atomic mass is 10.1. The van der Waals surface area contributed by atoms with Crippen molar-refractivity contribution in [2.24, 2.45) is 0 Å². The number of hydrogen-bond acceptors (Lipinski definition) is 4. The summed E-state index contributed by atoms with van der Waals surface area (Å²) in [5.74, 6) is -1.17. The quantitative estimate of drug-likeness (QED) is 0.637. The number of aryl methyl sites for hydroxylation is 1. The second kappa shape index (κ2) is 6.65. The number of sulfonamides is 1. The first-order valence-corrected chi connectivity index (χ1v) is 7.37. The number of benzene rings is 1. The lowest BCUT2D eigenvalue weighted by molar-refractivity contribution is 0.0696. The summed E-state index contributed by atoms with van der Waals surface area (Å²) >= 11 is 0. The molecule has 0 fully saturated rings. The smallest absolute Gasteiger partial charge is 0.335 e. The molecule has 19 heavy (non-hydrogen) atoms. The topological polar surface area (TPSA) is 104 Å². The molecule has 0 spiro atoms. The molecule has 0 heterocycles. The molecule has 106 valence electrons. The van der Waals surface area contributed by atoms with Crippen molar-refractivity contribution in [2.45, 2.75) is 24.7 Å². The molecule has 1 rings (SSSR count). The Morgan fingerprint density at radius 3 is 2.58 bits per heavy atom. The highest BCUT2D eigenvalue weighted by atomic mass is 32.2. The molecule has 0 aliphatic rings. The number of carboxylic acid groups (broad SMARTS) is 1. The van der Waals surface area contributed by atoms with Gasteiger partial charge < -0.3 is 10.2 Å². The molecule has 7 heteroatoms. The molecule has 0 saturated heterocycles. The van der Waals surface area contributed by atoms with Gasteiger partial charge in [0.1, 0.15) is 0 Å². The van der Waals surface area contributed by atoms with Crippen LogP contribution < -0.4 is 4.72 Å². The van der Waals surface area contributed by atoms with Crippen LogP contribution in [0.3, 0.4) is 0 Å². The minimum Gasteiger partial charge on any atom is -0.478 e. The number of carboxylic acids is 1. The zero-order chi connectivity index (χ0) is 14.5. The molecule has 0 aliphatic carbocycles. The minimum atomic E-state index is -3.76. The SMILES string of the molecule is CCc1ccc(C(=O)O)cc1S(=O)(=O)NCCCO. The average Bonchev–Trinajstić information content (AvgIpc) is 2.38. The van der Waals surface area contributed by atoms with Crippen molar-refractivity contribution in [3.05, 3.63) is 29.3 Å². The van der Waals surface area contributed by atoms with Crippen LogP contribution in [0.25, 0.3) is 0 Å². The summed E-state index contributed by atoms with van der Waals surface area (Å²) < 4.78 is 26.5. The highest BCUT2D eigenvalue weighted by Crippen LogP contribution is 2.18. The maximum atomic E-state index is 12.1. The van der Waals surface area contributed by atoms with Gasteiger partial charge in [0, 0.05) is 13.2 Å². The van der Waals surface area contributed by atoms with Crippen molar-refractivity contribution < 1.29 is 23.4 Å². The highest BCUT2D eigenvalue weighted by Gasteiger charge is 2.19. The Bertz CT molecular complexity index is 553. The van der Waals surface area contributed by atoms with Crippen LogP contribution in [0.5, 0.6) is 0 Å². The molecule has 6 nitrogen and oxygen atoms in total. The van der Waals surface area contributed by atoms with Gasteiger partial charge in [0.15, 0.2) is 0 Å². The summed E-state index contributed by atoms with van der Waals surface area (Å²) in [4.78, 5) is 10.9. The van der Waals surface area contributed by atoms with Crippen LogP contribution in [0.4, 0.5) is 0 Å². The van der Waals surface area contributed by atoms with Crippen molar-refractivity contribution in [3.8, 4) is 0 Å². The second-order valence-corrected chi connectivity index (χ2v) is 5.69. The Labute approximate surface area is 112 Å². The average molecular weight is 287 g/mol. The molecule has 1 aromatic rings. The number of nitrogens with one attached hydrogen (secondary N) is 1. The fourth-order valence-corrected chi connectivity index (χ4v) is 3.00. The molecule has 0 aliphatic heterocycles. The van der Waals surface area contributed by atoms with Crippen LogP contribution in [0.15, 0.2) is 23.1 Å². The predicted molar refractivity (Wildman–Crippen MR) is 69.7 cm³/mol. The van der Waals surface area contributed by atoms with E-state index in [2.05, 4.69) is 4.72 Å². The van der Waals surface area contributed by atoms with Crippen molar-refractivity contribution in [2.75, 3.05) is 13.2 Å². The van der Waals surface area contributed by atoms with Crippen molar-refractivity contribution in [1.29, 1.82) is 0 Å². The molecule has 0 aromatic heterocycles. The summed E-state index contributed by atoms with van der Waals surface area (Å²) in [5.41, 5.74) is 0.487. The van der Waals surface area contributed by atoms with Crippen LogP contribution in [-0.2, 0) is 16.4 Å². The number of carbonyl (C=O) groups is 1. The van der Waals surface area contributed by atoms with Gasteiger partial charge in [0.2, 0.25) is 10.0 Å². The normalized spacial score (nSPS) is 11.5. The van der Waals surface area contributed by atoms with Crippen LogP contribution in [0.1, 0.15) is 29.3 Å². The summed E-state index contributed by atoms with van der Waals surface area (Å²) in [7, 11) is -3.76. The summed E-state index contributed by atoms with van der Waals surface area (Å²) in [6.07, 6.45) is 0.787. The number of rotatable bonds is 7. The van der Waals surface area contributed by atoms with Crippen LogP contribution in [0, 0.1) is 0 Å². The highest BCUT2D eigenvalue weighted by molar-refractivity contribution is 7.89. The molecule has 0 radical (unpaired) electrons. The Morgan fingerprint density at radius 1 is 1.37 bits per heavy atom. The molecule has 1 aromatic carbocycles. The lowest BCUT2D eigenvalue weighted by Crippen LogP contribution is -2.26. The van der Waals surface area contributed by atoms with Crippen molar-refractivity contribution >= 4 is 16.0 Å². The van der Waals surface area contributed by atoms with Crippen molar-refractivity contribution in [3.63, 3.8) is 0 Å². The molecular formula is C12H17NO5S. The number of aromatic carboxylic acids is 1. The van der Waals surface area contributed by atoms with Gasteiger partial charge in [0.05, 0.1) is 10.5 Å². The summed E-state index contributed by atoms with van der Waals surface area (Å²) in [6, 6.07) is 4.04. The Kier molecular flexibility index (Phi) is 5.46. The summed E-state index contributed by atoms with van der Waals surface area (Å²) in [5, 5.41) is 17.5. The van der Waals surface area contributed by atoms with Crippen LogP contribution >= 0.6 is 0 Å². The molecule has 0 bridgehead atoms. The van der Waals surface area contributed by atoms with E-state index in [0.29, 0.717) is 18.4 Å². The maximum Gasteiger partial charge on any atom is 0.335 e. The number of aliphatic hydroxyl groups is 1. The van der Waals surface area contributed by atoms with E-state index in [-0.39, 0.29) is 23.6 Å². The number of aliphatic hydroxyl groups excluding tert-OH is 1. The van der Waals surface area contributed by atoms with E-state index in [1.54, 1.807) is 6.92 Å². The lowest BCUT2D eigenvalue weighted by Gasteiger charge is -2.11. The first-order valence-electron chi connectivity index (χ1n) is 5.89. The fourth-order valence-electron chi connectivity index (χ4n) is 1.59. The molecule has 0 amide bonds. The Balaban J connectivity index is 3.15. The zero-order valence-corrected chi connectivity index (χ0v) is 11.4. The zero-order valence-electron chi connectivity index (χ0n) is 10.6. The van der Waals surface area contributed by atoms with E-state index in [1.807, 2.05) is 0 Å². The molecule has 3 N–H and O–H groups in total. The van der Waals surface area contributed by atoms with Crippen LogP contribution in [0.2, 0.25) is 0 Å². The Morgan fingerprint density at radius 2 is 2.05 bits per heavy atom. The van der Waals surface area contributed by atoms with Gasteiger partial charge in [-0.1, -0.05) is 13.0 Å². The first kappa shape index (κ1) is 15.6. The molecular weight excluding hydrogens is 270 g/mol. The third-order valence-corrected chi connectivity index (χ3v) is 4.15. The standard InChI is InChI=1S/C12H17NO5S/c1-2-9-4-5-10(12(15)16)8-11(9)19(17,18)13-6-3-7-14/h4-5,8,13-14H,2-3,6-7H2,1H3,(H,15,16). The maximum absolute atomic E-state index is 12.1. The summed E-state index contributed by atoms with van der Waals surface area (Å²) in [6.45, 7) is 1.79. The third kappa shape index (κ3) is 4.02. The van der Waals surface area contributed by atoms with Gasteiger partial charge in [-0.15, -0.1) is 0 Å². The van der Waals surface area contributed by atoms with Gasteiger partial charge in [-0.3, -0.25) is 0 Å². The van der Waals surface area contributed by atoms with Gasteiger partial charge in [0.25, 0.3) is 0 Å². The van der Waals surface area contributed by atoms with Gasteiger partial charge in [-0.05, 0) is 30.5 Å². The number of hydrogen-bond donors (Lipinski definition) is 3. The molecule has 0 unspecified atom stereocenters. The van der Waals surface area contributed by atoms with E-state index >= 15 is 0 Å². The van der Waals surface area contributed by atoms with E-state index in [1.165, 1.54) is 12.1 Å². The largest absolute Gasteiger partial charge is 0.478 e. The van der Waals surface area contributed by atoms with E-state index in [0.717, 1.165) is 6.07 Å². The van der Waals surface area contributed by atoms with E-state index in [4.69, 9.17) is 10.2 Å². The van der Waals surface area contributed by atoms with Gasteiger partial charge in [-0.2, -0.15) is 0 Å². The van der Waals surface area contributed by atoms with Gasteiger partial charge >= 0.3 is 5.97 Å². The molecule has 0 saturated carbocycles. The van der Waals surface area contributed by atoms with E-state index in [9.17, 15) is 13.2 Å². The molecule has 0 atom stereocenters. The first-order chi connectivity index (χ1) is 8.92. The van der Waals surface area contributed by atoms with E-state index < -0.39 is 16.0 Å².